The van der Waals surface area contributed by atoms with Crippen molar-refractivity contribution < 1.29 is 25.9 Å². The predicted molar refractivity (Wildman–Crippen MR) is 178 cm³/mol. The van der Waals surface area contributed by atoms with Crippen LogP contribution in [0, 0.1) is 27.7 Å². The summed E-state index contributed by atoms with van der Waals surface area (Å²) in [5.74, 6) is 1.89. The van der Waals surface area contributed by atoms with Crippen molar-refractivity contribution >= 4 is 53.7 Å². The average Bonchev–Trinajstić information content (AvgIpc) is 2.89. The molecule has 0 saturated heterocycles. The SMILES string of the molecule is CS(=O)(=O)O.CS(=O)(=O)O.Cc1cc2ncnc(NCCCCCCCCNc3ncnc4cc(C)c(C)cc34)c2cc1C. The van der Waals surface area contributed by atoms with Crippen molar-refractivity contribution in [1.29, 1.82) is 0 Å². The lowest BCUT2D eigenvalue weighted by molar-refractivity contribution is 0.488. The first kappa shape index (κ1) is 36.7. The maximum absolute atomic E-state index is 9.19. The predicted octanol–water partition coefficient (Wildman–Crippen LogP) is 5.68. The van der Waals surface area contributed by atoms with Crippen LogP contribution in [0.3, 0.4) is 0 Å². The first-order chi connectivity index (χ1) is 20.5. The quantitative estimate of drug-likeness (QED) is 0.115. The summed E-state index contributed by atoms with van der Waals surface area (Å²) in [5, 5.41) is 9.25. The Hall–Kier alpha value is -3.46. The number of unbranched alkanes of at least 4 members (excludes halogenated alkanes) is 5. The van der Waals surface area contributed by atoms with E-state index in [1.807, 2.05) is 0 Å². The fraction of sp³-hybridized carbons (Fsp3) is 0.467. The smallest absolute Gasteiger partial charge is 0.261 e. The Bertz CT molecular complexity index is 1600. The molecule has 0 radical (unpaired) electrons. The van der Waals surface area contributed by atoms with Crippen molar-refractivity contribution in [2.75, 3.05) is 36.2 Å². The van der Waals surface area contributed by atoms with Crippen LogP contribution in [0.2, 0.25) is 0 Å². The summed E-state index contributed by atoms with van der Waals surface area (Å²) >= 11 is 0. The molecule has 0 saturated carbocycles. The molecule has 0 aliphatic rings. The third-order valence-electron chi connectivity index (χ3n) is 6.69. The lowest BCUT2D eigenvalue weighted by Crippen LogP contribution is -2.05. The van der Waals surface area contributed by atoms with E-state index in [0.29, 0.717) is 12.5 Å². The number of benzene rings is 2. The van der Waals surface area contributed by atoms with Gasteiger partial charge in [-0.2, -0.15) is 16.8 Å². The molecule has 0 spiro atoms. The highest BCUT2D eigenvalue weighted by Gasteiger charge is 2.07. The number of aryl methyl sites for hydroxylation is 4. The number of hydrogen-bond donors (Lipinski definition) is 4. The molecule has 4 N–H and O–H groups in total. The van der Waals surface area contributed by atoms with Gasteiger partial charge in [0.1, 0.15) is 24.3 Å². The van der Waals surface area contributed by atoms with Crippen LogP contribution < -0.4 is 10.6 Å². The molecule has 14 heteroatoms. The van der Waals surface area contributed by atoms with E-state index in [1.165, 1.54) is 47.9 Å². The lowest BCUT2D eigenvalue weighted by Gasteiger charge is -2.10. The lowest BCUT2D eigenvalue weighted by atomic mass is 10.1. The van der Waals surface area contributed by atoms with Crippen LogP contribution in [0.4, 0.5) is 11.6 Å². The summed E-state index contributed by atoms with van der Waals surface area (Å²) in [6, 6.07) is 8.66. The zero-order valence-corrected chi connectivity index (χ0v) is 27.9. The van der Waals surface area contributed by atoms with Gasteiger partial charge in [-0.05, 0) is 87.1 Å². The zero-order valence-electron chi connectivity index (χ0n) is 26.3. The maximum Gasteiger partial charge on any atom is 0.261 e. The minimum atomic E-state index is -3.67. The van der Waals surface area contributed by atoms with E-state index in [4.69, 9.17) is 9.11 Å². The van der Waals surface area contributed by atoms with Gasteiger partial charge in [-0.15, -0.1) is 0 Å². The van der Waals surface area contributed by atoms with E-state index in [0.717, 1.165) is 59.4 Å². The molecule has 0 amide bonds. The van der Waals surface area contributed by atoms with Crippen LogP contribution in [-0.4, -0.2) is 71.5 Å². The van der Waals surface area contributed by atoms with Crippen LogP contribution in [0.5, 0.6) is 0 Å². The van der Waals surface area contributed by atoms with Gasteiger partial charge in [-0.1, -0.05) is 25.7 Å². The highest BCUT2D eigenvalue weighted by molar-refractivity contribution is 7.85. The molecule has 0 bridgehead atoms. The van der Waals surface area contributed by atoms with Gasteiger partial charge in [0.2, 0.25) is 0 Å². The molecule has 0 aliphatic carbocycles. The first-order valence-corrected chi connectivity index (χ1v) is 18.0. The molecule has 4 rings (SSSR count). The number of aromatic nitrogens is 4. The maximum atomic E-state index is 9.19. The number of hydrogen-bond acceptors (Lipinski definition) is 10. The van der Waals surface area contributed by atoms with Gasteiger partial charge in [0.05, 0.1) is 23.5 Å². The second kappa shape index (κ2) is 17.1. The van der Waals surface area contributed by atoms with E-state index < -0.39 is 20.2 Å². The van der Waals surface area contributed by atoms with Gasteiger partial charge in [0.15, 0.2) is 0 Å². The molecular formula is C30H44N6O6S2. The molecule has 12 nitrogen and oxygen atoms in total. The fourth-order valence-electron chi connectivity index (χ4n) is 4.28. The van der Waals surface area contributed by atoms with Gasteiger partial charge in [-0.25, -0.2) is 19.9 Å². The molecule has 0 aliphatic heterocycles. The molecule has 242 valence electrons. The van der Waals surface area contributed by atoms with Gasteiger partial charge in [-0.3, -0.25) is 9.11 Å². The summed E-state index contributed by atoms with van der Waals surface area (Å²) < 4.78 is 51.7. The van der Waals surface area contributed by atoms with Crippen LogP contribution in [0.25, 0.3) is 21.8 Å². The Labute approximate surface area is 260 Å². The number of nitrogens with one attached hydrogen (secondary N) is 2. The molecule has 2 aromatic carbocycles. The summed E-state index contributed by atoms with van der Waals surface area (Å²) in [6.45, 7) is 10.4. The highest BCUT2D eigenvalue weighted by atomic mass is 32.2. The van der Waals surface area contributed by atoms with Gasteiger partial charge >= 0.3 is 0 Å². The van der Waals surface area contributed by atoms with Crippen LogP contribution in [0.1, 0.15) is 60.8 Å². The summed E-state index contributed by atoms with van der Waals surface area (Å²) in [4.78, 5) is 17.8. The van der Waals surface area contributed by atoms with Crippen molar-refractivity contribution in [3.63, 3.8) is 0 Å². The van der Waals surface area contributed by atoms with E-state index in [-0.39, 0.29) is 0 Å². The molecule has 0 atom stereocenters. The first-order valence-electron chi connectivity index (χ1n) is 14.3. The number of nitrogens with zero attached hydrogens (tertiary/aromatic N) is 4. The minimum Gasteiger partial charge on any atom is -0.369 e. The molecule has 2 aromatic heterocycles. The van der Waals surface area contributed by atoms with Crippen molar-refractivity contribution in [2.45, 2.75) is 66.2 Å². The van der Waals surface area contributed by atoms with Crippen molar-refractivity contribution in [1.82, 2.24) is 19.9 Å². The topological polar surface area (TPSA) is 184 Å². The Morgan fingerprint density at radius 2 is 0.841 bits per heavy atom. The molecular weight excluding hydrogens is 605 g/mol. The van der Waals surface area contributed by atoms with Crippen LogP contribution >= 0.6 is 0 Å². The third kappa shape index (κ3) is 14.3. The standard InChI is InChI=1S/C28H36N6.2CH4O3S/c1-19-13-23-25(15-21(19)3)31-17-33-27(23)29-11-9-7-5-6-8-10-12-30-28-24-14-20(2)22(4)16-26(24)32-18-34-28;2*1-5(2,3)4/h13-18H,5-12H2,1-4H3,(H,29,31,33)(H,30,32,34);2*1H3,(H,2,3,4). The highest BCUT2D eigenvalue weighted by Crippen LogP contribution is 2.24. The summed E-state index contributed by atoms with van der Waals surface area (Å²) in [7, 11) is -7.33. The number of rotatable bonds is 11. The van der Waals surface area contributed by atoms with Gasteiger partial charge in [0, 0.05) is 23.9 Å². The monoisotopic (exact) mass is 648 g/mol. The van der Waals surface area contributed by atoms with E-state index >= 15 is 0 Å². The van der Waals surface area contributed by atoms with E-state index in [2.05, 4.69) is 82.5 Å². The Kier molecular flexibility index (Phi) is 14.3. The Morgan fingerprint density at radius 1 is 0.545 bits per heavy atom. The second-order valence-electron chi connectivity index (χ2n) is 10.8. The Balaban J connectivity index is 0.000000586. The van der Waals surface area contributed by atoms with Crippen LogP contribution in [0.15, 0.2) is 36.9 Å². The van der Waals surface area contributed by atoms with Crippen LogP contribution in [-0.2, 0) is 20.2 Å². The van der Waals surface area contributed by atoms with Crippen molar-refractivity contribution in [3.8, 4) is 0 Å². The normalized spacial score (nSPS) is 11.4. The van der Waals surface area contributed by atoms with E-state index in [1.54, 1.807) is 12.7 Å². The third-order valence-corrected chi connectivity index (χ3v) is 6.69. The van der Waals surface area contributed by atoms with E-state index in [9.17, 15) is 16.8 Å². The summed E-state index contributed by atoms with van der Waals surface area (Å²) in [6.07, 6.45) is 12.0. The number of anilines is 2. The van der Waals surface area contributed by atoms with Crippen molar-refractivity contribution in [3.05, 3.63) is 59.2 Å². The van der Waals surface area contributed by atoms with Crippen molar-refractivity contribution in [2.24, 2.45) is 0 Å². The molecule has 0 fully saturated rings. The van der Waals surface area contributed by atoms with Gasteiger partial charge in [0.25, 0.3) is 20.2 Å². The van der Waals surface area contributed by atoms with Gasteiger partial charge < -0.3 is 10.6 Å². The number of fused-ring (bicyclic) bond motifs is 2. The summed E-state index contributed by atoms with van der Waals surface area (Å²) in [5.41, 5.74) is 7.10. The molecule has 4 aromatic rings. The Morgan fingerprint density at radius 3 is 1.18 bits per heavy atom. The zero-order chi connectivity index (χ0) is 32.9. The molecule has 0 unspecified atom stereocenters. The molecule has 2 heterocycles. The largest absolute Gasteiger partial charge is 0.369 e. The average molecular weight is 649 g/mol. The minimum absolute atomic E-state index is 0.715. The fourth-order valence-corrected chi connectivity index (χ4v) is 4.28. The second-order valence-corrected chi connectivity index (χ2v) is 13.7. The molecule has 44 heavy (non-hydrogen) atoms.